The molecule has 0 amide bonds. The van der Waals surface area contributed by atoms with Crippen molar-refractivity contribution in [3.05, 3.63) is 64.2 Å². The van der Waals surface area contributed by atoms with Crippen LogP contribution in [0.1, 0.15) is 31.1 Å². The second-order valence-electron chi connectivity index (χ2n) is 5.98. The van der Waals surface area contributed by atoms with E-state index in [1.165, 1.54) is 18.2 Å². The van der Waals surface area contributed by atoms with E-state index in [1.54, 1.807) is 32.9 Å². The van der Waals surface area contributed by atoms with Crippen LogP contribution in [-0.4, -0.2) is 16.5 Å². The van der Waals surface area contributed by atoms with Gasteiger partial charge >= 0.3 is 5.97 Å². The number of rotatable bonds is 4. The summed E-state index contributed by atoms with van der Waals surface area (Å²) in [5.41, 5.74) is 0.337. The Kier molecular flexibility index (Phi) is 4.64. The summed E-state index contributed by atoms with van der Waals surface area (Å²) in [6.45, 7) is 5.22. The fraction of sp³-hybridized carbons (Fsp3) is 0.235. The Morgan fingerprint density at radius 3 is 2.35 bits per heavy atom. The third-order valence-electron chi connectivity index (χ3n) is 2.88. The molecule has 120 valence electrons. The lowest BCUT2D eigenvalue weighted by Crippen LogP contribution is -2.23. The van der Waals surface area contributed by atoms with Crippen molar-refractivity contribution in [1.82, 2.24) is 0 Å². The number of nitrogens with one attached hydrogen (secondary N) is 1. The van der Waals surface area contributed by atoms with E-state index >= 15 is 0 Å². The van der Waals surface area contributed by atoms with E-state index in [4.69, 9.17) is 4.74 Å². The van der Waals surface area contributed by atoms with Gasteiger partial charge in [0.2, 0.25) is 0 Å². The molecule has 0 aliphatic carbocycles. The Morgan fingerprint density at radius 2 is 1.78 bits per heavy atom. The summed E-state index contributed by atoms with van der Waals surface area (Å²) < 4.78 is 5.23. The number of esters is 1. The molecule has 2 rings (SSSR count). The average Bonchev–Trinajstić information content (AvgIpc) is 2.46. The van der Waals surface area contributed by atoms with E-state index in [9.17, 15) is 14.9 Å². The summed E-state index contributed by atoms with van der Waals surface area (Å²) in [7, 11) is 0. The molecule has 23 heavy (non-hydrogen) atoms. The van der Waals surface area contributed by atoms with Crippen LogP contribution in [0.5, 0.6) is 0 Å². The Bertz CT molecular complexity index is 721. The van der Waals surface area contributed by atoms with E-state index in [2.05, 4.69) is 5.32 Å². The molecule has 6 heteroatoms. The summed E-state index contributed by atoms with van der Waals surface area (Å²) in [5, 5.41) is 14.3. The maximum Gasteiger partial charge on any atom is 0.338 e. The van der Waals surface area contributed by atoms with Gasteiger partial charge in [0.05, 0.1) is 10.5 Å². The standard InChI is InChI=1S/C17H18N2O4/c1-17(2,3)23-16(20)12-9-10-14(15(11-12)19(21)22)18-13-7-5-4-6-8-13/h4-11,18H,1-3H3. The summed E-state index contributed by atoms with van der Waals surface area (Å²) in [5.74, 6) is -0.591. The molecular formula is C17H18N2O4. The minimum atomic E-state index is -0.660. The van der Waals surface area contributed by atoms with Crippen molar-refractivity contribution in [3.63, 3.8) is 0 Å². The van der Waals surface area contributed by atoms with Crippen LogP contribution in [0.3, 0.4) is 0 Å². The first kappa shape index (κ1) is 16.5. The zero-order valence-corrected chi connectivity index (χ0v) is 13.2. The highest BCUT2D eigenvalue weighted by molar-refractivity contribution is 5.92. The molecule has 0 atom stereocenters. The lowest BCUT2D eigenvalue weighted by atomic mass is 10.1. The minimum absolute atomic E-state index is 0.144. The number of nitro benzene ring substituents is 1. The third kappa shape index (κ3) is 4.54. The van der Waals surface area contributed by atoms with Crippen LogP contribution in [0.25, 0.3) is 0 Å². The molecular weight excluding hydrogens is 296 g/mol. The molecule has 0 aliphatic rings. The molecule has 0 unspecified atom stereocenters. The van der Waals surface area contributed by atoms with Crippen molar-refractivity contribution in [1.29, 1.82) is 0 Å². The maximum atomic E-state index is 12.0. The molecule has 0 saturated heterocycles. The van der Waals surface area contributed by atoms with E-state index in [-0.39, 0.29) is 11.3 Å². The summed E-state index contributed by atoms with van der Waals surface area (Å²) in [4.78, 5) is 22.8. The highest BCUT2D eigenvalue weighted by atomic mass is 16.6. The van der Waals surface area contributed by atoms with Gasteiger partial charge < -0.3 is 10.1 Å². The van der Waals surface area contributed by atoms with Crippen molar-refractivity contribution in [3.8, 4) is 0 Å². The Hall–Kier alpha value is -2.89. The molecule has 0 saturated carbocycles. The average molecular weight is 314 g/mol. The number of hydrogen-bond acceptors (Lipinski definition) is 5. The number of anilines is 2. The summed E-state index contributed by atoms with van der Waals surface area (Å²) in [6.07, 6.45) is 0. The molecule has 0 aromatic heterocycles. The zero-order valence-electron chi connectivity index (χ0n) is 13.2. The molecule has 0 heterocycles. The number of nitrogens with zero attached hydrogens (tertiary/aromatic N) is 1. The van der Waals surface area contributed by atoms with E-state index in [0.29, 0.717) is 5.69 Å². The molecule has 0 fully saturated rings. The van der Waals surface area contributed by atoms with Gasteiger partial charge in [-0.15, -0.1) is 0 Å². The monoisotopic (exact) mass is 314 g/mol. The van der Waals surface area contributed by atoms with Crippen LogP contribution in [0.4, 0.5) is 17.1 Å². The number of nitro groups is 1. The van der Waals surface area contributed by atoms with E-state index < -0.39 is 16.5 Å². The molecule has 1 N–H and O–H groups in total. The van der Waals surface area contributed by atoms with Crippen LogP contribution in [0.15, 0.2) is 48.5 Å². The summed E-state index contributed by atoms with van der Waals surface area (Å²) in [6, 6.07) is 13.3. The smallest absolute Gasteiger partial charge is 0.338 e. The Morgan fingerprint density at radius 1 is 1.13 bits per heavy atom. The largest absolute Gasteiger partial charge is 0.456 e. The van der Waals surface area contributed by atoms with Crippen LogP contribution in [0.2, 0.25) is 0 Å². The molecule has 6 nitrogen and oxygen atoms in total. The molecule has 0 radical (unpaired) electrons. The number of para-hydroxylation sites is 1. The van der Waals surface area contributed by atoms with Gasteiger partial charge in [-0.2, -0.15) is 0 Å². The Labute approximate surface area is 134 Å². The number of carbonyl (C=O) groups is 1. The van der Waals surface area contributed by atoms with Crippen molar-refractivity contribution < 1.29 is 14.5 Å². The van der Waals surface area contributed by atoms with Gasteiger partial charge in [-0.1, -0.05) is 18.2 Å². The first-order chi connectivity index (χ1) is 10.8. The number of hydrogen-bond donors (Lipinski definition) is 1. The van der Waals surface area contributed by atoms with Crippen molar-refractivity contribution in [2.75, 3.05) is 5.32 Å². The van der Waals surface area contributed by atoms with Crippen molar-refractivity contribution >= 4 is 23.0 Å². The molecule has 2 aromatic carbocycles. The lowest BCUT2D eigenvalue weighted by molar-refractivity contribution is -0.383. The van der Waals surface area contributed by atoms with Gasteiger partial charge in [0.25, 0.3) is 5.69 Å². The Balaban J connectivity index is 2.32. The number of ether oxygens (including phenoxy) is 1. The number of carbonyl (C=O) groups excluding carboxylic acids is 1. The fourth-order valence-corrected chi connectivity index (χ4v) is 1.93. The van der Waals surface area contributed by atoms with Gasteiger partial charge in [-0.05, 0) is 45.0 Å². The SMILES string of the molecule is CC(C)(C)OC(=O)c1ccc(Nc2ccccc2)c([N+](=O)[O-])c1. The molecule has 2 aromatic rings. The fourth-order valence-electron chi connectivity index (χ4n) is 1.93. The van der Waals surface area contributed by atoms with Gasteiger partial charge in [0.15, 0.2) is 0 Å². The van der Waals surface area contributed by atoms with Gasteiger partial charge in [0.1, 0.15) is 11.3 Å². The highest BCUT2D eigenvalue weighted by Crippen LogP contribution is 2.29. The van der Waals surface area contributed by atoms with Gasteiger partial charge in [-0.25, -0.2) is 4.79 Å². The van der Waals surface area contributed by atoms with Gasteiger partial charge in [0, 0.05) is 11.8 Å². The maximum absolute atomic E-state index is 12.0. The van der Waals surface area contributed by atoms with E-state index in [0.717, 1.165) is 5.69 Å². The second-order valence-corrected chi connectivity index (χ2v) is 5.98. The minimum Gasteiger partial charge on any atom is -0.456 e. The quantitative estimate of drug-likeness (QED) is 0.517. The third-order valence-corrected chi connectivity index (χ3v) is 2.88. The second kappa shape index (κ2) is 6.48. The van der Waals surface area contributed by atoms with Crippen molar-refractivity contribution in [2.24, 2.45) is 0 Å². The molecule has 0 bridgehead atoms. The van der Waals surface area contributed by atoms with Crippen LogP contribution >= 0.6 is 0 Å². The molecule has 0 aliphatic heterocycles. The summed E-state index contributed by atoms with van der Waals surface area (Å²) >= 11 is 0. The predicted molar refractivity (Wildman–Crippen MR) is 88.0 cm³/mol. The first-order valence-electron chi connectivity index (χ1n) is 7.10. The predicted octanol–water partition coefficient (Wildman–Crippen LogP) is 4.29. The zero-order chi connectivity index (χ0) is 17.0. The first-order valence-corrected chi connectivity index (χ1v) is 7.10. The highest BCUT2D eigenvalue weighted by Gasteiger charge is 2.22. The van der Waals surface area contributed by atoms with E-state index in [1.807, 2.05) is 18.2 Å². The lowest BCUT2D eigenvalue weighted by Gasteiger charge is -2.19. The normalized spacial score (nSPS) is 10.9. The van der Waals surface area contributed by atoms with Crippen LogP contribution in [-0.2, 0) is 4.74 Å². The van der Waals surface area contributed by atoms with Crippen molar-refractivity contribution in [2.45, 2.75) is 26.4 Å². The van der Waals surface area contributed by atoms with Crippen LogP contribution < -0.4 is 5.32 Å². The topological polar surface area (TPSA) is 81.5 Å². The van der Waals surface area contributed by atoms with Gasteiger partial charge in [-0.3, -0.25) is 10.1 Å². The van der Waals surface area contributed by atoms with Crippen LogP contribution in [0, 0.1) is 10.1 Å². The molecule has 0 spiro atoms. The number of benzene rings is 2.